The van der Waals surface area contributed by atoms with Crippen LogP contribution >= 0.6 is 0 Å². The number of halogens is 7. The summed E-state index contributed by atoms with van der Waals surface area (Å²) in [7, 11) is 0. The lowest BCUT2D eigenvalue weighted by Crippen LogP contribution is -2.37. The second-order valence-corrected chi connectivity index (χ2v) is 11.5. The van der Waals surface area contributed by atoms with Crippen LogP contribution in [-0.2, 0) is 4.79 Å². The molecule has 5 rings (SSSR count). The molecule has 3 aromatic heterocycles. The number of imidazole rings is 1. The van der Waals surface area contributed by atoms with Gasteiger partial charge in [-0.3, -0.25) is 9.59 Å². The minimum Gasteiger partial charge on any atom is -0.472 e. The van der Waals surface area contributed by atoms with Crippen LogP contribution in [-0.4, -0.2) is 56.5 Å². The minimum atomic E-state index is -4.46. The summed E-state index contributed by atoms with van der Waals surface area (Å²) in [6, 6.07) is 2.82. The van der Waals surface area contributed by atoms with E-state index in [2.05, 4.69) is 25.7 Å². The third-order valence-electron chi connectivity index (χ3n) is 7.96. The van der Waals surface area contributed by atoms with E-state index in [0.29, 0.717) is 16.9 Å². The Labute approximate surface area is 252 Å². The summed E-state index contributed by atoms with van der Waals surface area (Å²) >= 11 is 0. The van der Waals surface area contributed by atoms with E-state index in [-0.39, 0.29) is 43.0 Å². The Bertz CT molecular complexity index is 1500. The van der Waals surface area contributed by atoms with Crippen molar-refractivity contribution >= 4 is 17.5 Å². The van der Waals surface area contributed by atoms with Crippen LogP contribution in [0.4, 0.5) is 30.7 Å². The monoisotopic (exact) mass is 644 g/mol. The van der Waals surface area contributed by atoms with Crippen LogP contribution in [0.5, 0.6) is 5.88 Å². The normalized spacial score (nSPS) is 18.5. The Hall–Kier alpha value is -3.98. The lowest BCUT2D eigenvalue weighted by Gasteiger charge is -2.33. The summed E-state index contributed by atoms with van der Waals surface area (Å²) in [5, 5.41) is 9.90. The lowest BCUT2D eigenvalue weighted by molar-refractivity contribution is -0.144. The standard InChI is InChI=1S/C29H31F7N6O3/c30-21(31)15-45-24-12-18(6-10-37-24)27(44)41-26(17-3-7-28(32,33)8-4-17)20-14-42-22(39-20)11-19(13-38-42)25(16-1-2-16)40-23(43)5-9-29(34,35)36/h6,10-14,16-17,21,25-26H,1-5,7-9,15H2,(H,40,43)(H,41,44)/t25-,26+/m1/s1. The minimum absolute atomic E-state index is 0.0318. The van der Waals surface area contributed by atoms with E-state index in [4.69, 9.17) is 4.74 Å². The molecule has 0 aliphatic heterocycles. The van der Waals surface area contributed by atoms with Crippen LogP contribution in [0, 0.1) is 11.8 Å². The zero-order valence-corrected chi connectivity index (χ0v) is 23.9. The molecule has 0 spiro atoms. The summed E-state index contributed by atoms with van der Waals surface area (Å²) in [6.07, 6.45) is -3.89. The Balaban J connectivity index is 1.38. The summed E-state index contributed by atoms with van der Waals surface area (Å²) in [5.41, 5.74) is 1.26. The topological polar surface area (TPSA) is 111 Å². The van der Waals surface area contributed by atoms with E-state index in [0.717, 1.165) is 12.8 Å². The number of hydrogen-bond acceptors (Lipinski definition) is 6. The Morgan fingerprint density at radius 2 is 1.76 bits per heavy atom. The SMILES string of the molecule is O=C(CCC(F)(F)F)N[C@@H](c1cnn2cc([C@@H](NC(=O)c3ccnc(OCC(F)F)c3)C3CCC(F)(F)CC3)nc2c1)C1CC1. The van der Waals surface area contributed by atoms with Crippen molar-refractivity contribution in [3.63, 3.8) is 0 Å². The van der Waals surface area contributed by atoms with Gasteiger partial charge in [-0.1, -0.05) is 0 Å². The Morgan fingerprint density at radius 1 is 1.04 bits per heavy atom. The van der Waals surface area contributed by atoms with Crippen LogP contribution in [0.3, 0.4) is 0 Å². The Morgan fingerprint density at radius 3 is 2.42 bits per heavy atom. The number of ether oxygens (including phenoxy) is 1. The van der Waals surface area contributed by atoms with Crippen molar-refractivity contribution in [2.45, 2.75) is 82.0 Å². The number of hydrogen-bond donors (Lipinski definition) is 2. The molecule has 45 heavy (non-hydrogen) atoms. The maximum absolute atomic E-state index is 14.0. The van der Waals surface area contributed by atoms with Crippen molar-refractivity contribution in [2.75, 3.05) is 6.61 Å². The highest BCUT2D eigenvalue weighted by Gasteiger charge is 2.40. The number of rotatable bonds is 12. The number of alkyl halides is 7. The summed E-state index contributed by atoms with van der Waals surface area (Å²) in [6.45, 7) is -0.911. The molecule has 2 N–H and O–H groups in total. The number of nitrogens with zero attached hydrogens (tertiary/aromatic N) is 4. The van der Waals surface area contributed by atoms with E-state index in [1.54, 1.807) is 12.3 Å². The maximum Gasteiger partial charge on any atom is 0.389 e. The van der Waals surface area contributed by atoms with Crippen molar-refractivity contribution in [3.8, 4) is 5.88 Å². The number of pyridine rings is 1. The average molecular weight is 645 g/mol. The fourth-order valence-electron chi connectivity index (χ4n) is 5.47. The molecule has 9 nitrogen and oxygen atoms in total. The largest absolute Gasteiger partial charge is 0.472 e. The zero-order valence-electron chi connectivity index (χ0n) is 23.9. The first-order valence-corrected chi connectivity index (χ1v) is 14.5. The van der Waals surface area contributed by atoms with E-state index in [1.165, 1.54) is 29.0 Å². The van der Waals surface area contributed by atoms with Crippen LogP contribution in [0.15, 0.2) is 36.8 Å². The van der Waals surface area contributed by atoms with Gasteiger partial charge in [0.2, 0.25) is 17.7 Å². The zero-order chi connectivity index (χ0) is 32.4. The predicted molar refractivity (Wildman–Crippen MR) is 145 cm³/mol. The van der Waals surface area contributed by atoms with Gasteiger partial charge in [0.05, 0.1) is 36.6 Å². The van der Waals surface area contributed by atoms with Gasteiger partial charge in [0.15, 0.2) is 12.3 Å². The molecule has 2 saturated carbocycles. The van der Waals surface area contributed by atoms with Crippen LogP contribution in [0.2, 0.25) is 0 Å². The second-order valence-electron chi connectivity index (χ2n) is 11.5. The van der Waals surface area contributed by atoms with Gasteiger partial charge in [0, 0.05) is 37.1 Å². The average Bonchev–Trinajstić information content (AvgIpc) is 3.74. The number of carbonyl (C=O) groups excluding carboxylic acids is 2. The quantitative estimate of drug-likeness (QED) is 0.235. The lowest BCUT2D eigenvalue weighted by atomic mass is 9.81. The molecule has 2 aliphatic rings. The number of aromatic nitrogens is 4. The van der Waals surface area contributed by atoms with Gasteiger partial charge in [-0.2, -0.15) is 18.3 Å². The van der Waals surface area contributed by atoms with E-state index < -0.39 is 67.8 Å². The highest BCUT2D eigenvalue weighted by atomic mass is 19.4. The smallest absolute Gasteiger partial charge is 0.389 e. The van der Waals surface area contributed by atoms with Crippen molar-refractivity contribution in [1.29, 1.82) is 0 Å². The molecule has 0 aromatic carbocycles. The first kappa shape index (κ1) is 32.4. The fraction of sp³-hybridized carbons (Fsp3) is 0.552. The van der Waals surface area contributed by atoms with Crippen molar-refractivity contribution < 1.29 is 45.1 Å². The number of carbonyl (C=O) groups is 2. The maximum atomic E-state index is 14.0. The van der Waals surface area contributed by atoms with E-state index in [1.807, 2.05) is 0 Å². The van der Waals surface area contributed by atoms with E-state index in [9.17, 15) is 40.3 Å². The third kappa shape index (κ3) is 8.81. The number of amides is 2. The molecule has 2 aliphatic carbocycles. The fourth-order valence-corrected chi connectivity index (χ4v) is 5.47. The molecule has 0 radical (unpaired) electrons. The van der Waals surface area contributed by atoms with E-state index >= 15 is 0 Å². The molecule has 0 bridgehead atoms. The highest BCUT2D eigenvalue weighted by Crippen LogP contribution is 2.43. The molecule has 3 heterocycles. The van der Waals surface area contributed by atoms with Gasteiger partial charge in [-0.25, -0.2) is 32.0 Å². The van der Waals surface area contributed by atoms with Gasteiger partial charge >= 0.3 is 6.18 Å². The molecule has 3 aromatic rings. The highest BCUT2D eigenvalue weighted by molar-refractivity contribution is 5.94. The molecule has 2 amide bonds. The summed E-state index contributed by atoms with van der Waals surface area (Å²) < 4.78 is 97.4. The van der Waals surface area contributed by atoms with Gasteiger partial charge in [-0.15, -0.1) is 0 Å². The van der Waals surface area contributed by atoms with Gasteiger partial charge in [-0.05, 0) is 55.2 Å². The van der Waals surface area contributed by atoms with Gasteiger partial charge in [0.25, 0.3) is 12.3 Å². The summed E-state index contributed by atoms with van der Waals surface area (Å²) in [4.78, 5) is 34.0. The molecule has 2 fully saturated rings. The number of fused-ring (bicyclic) bond motifs is 1. The number of nitrogens with one attached hydrogen (secondary N) is 2. The molecule has 16 heteroatoms. The molecular weight excluding hydrogens is 613 g/mol. The molecule has 0 unspecified atom stereocenters. The van der Waals surface area contributed by atoms with Gasteiger partial charge in [0.1, 0.15) is 0 Å². The molecule has 0 saturated heterocycles. The van der Waals surface area contributed by atoms with Gasteiger partial charge < -0.3 is 15.4 Å². The van der Waals surface area contributed by atoms with Crippen LogP contribution < -0.4 is 15.4 Å². The van der Waals surface area contributed by atoms with Crippen LogP contribution in [0.1, 0.15) is 85.1 Å². The third-order valence-corrected chi connectivity index (χ3v) is 7.96. The first-order valence-electron chi connectivity index (χ1n) is 14.5. The first-order chi connectivity index (χ1) is 21.3. The van der Waals surface area contributed by atoms with Crippen molar-refractivity contribution in [2.24, 2.45) is 11.8 Å². The summed E-state index contributed by atoms with van der Waals surface area (Å²) in [5.74, 6) is -4.75. The van der Waals surface area contributed by atoms with Crippen molar-refractivity contribution in [1.82, 2.24) is 30.2 Å². The molecule has 2 atom stereocenters. The predicted octanol–water partition coefficient (Wildman–Crippen LogP) is 5.97. The molecular formula is C29H31F7N6O3. The van der Waals surface area contributed by atoms with Crippen LogP contribution in [0.25, 0.3) is 5.65 Å². The second kappa shape index (κ2) is 13.2. The molecule has 244 valence electrons. The Kier molecular flexibility index (Phi) is 9.49. The van der Waals surface area contributed by atoms with Crippen molar-refractivity contribution in [3.05, 3.63) is 53.6 Å².